The van der Waals surface area contributed by atoms with E-state index in [1.165, 1.54) is 10.7 Å². The van der Waals surface area contributed by atoms with Crippen molar-refractivity contribution in [3.8, 4) is 0 Å². The van der Waals surface area contributed by atoms with Crippen LogP contribution in [-0.2, 0) is 6.54 Å². The standard InChI is InChI=1S/C15H12FN3O2/c16-10-6-11(14(17)20)13-12(7-10)19(18-15(13)21)8-9-4-2-1-3-5-9/h1-7H,8H2,(H2,17,20)(H,18,21). The van der Waals surface area contributed by atoms with Gasteiger partial charge in [0.15, 0.2) is 0 Å². The van der Waals surface area contributed by atoms with E-state index in [0.717, 1.165) is 11.6 Å². The lowest BCUT2D eigenvalue weighted by Gasteiger charge is -2.05. The van der Waals surface area contributed by atoms with Crippen molar-refractivity contribution in [2.45, 2.75) is 6.54 Å². The zero-order valence-electron chi connectivity index (χ0n) is 11.0. The van der Waals surface area contributed by atoms with Crippen LogP contribution in [0.1, 0.15) is 15.9 Å². The number of aromatic nitrogens is 2. The summed E-state index contributed by atoms with van der Waals surface area (Å²) in [5.41, 5.74) is 5.89. The minimum Gasteiger partial charge on any atom is -0.366 e. The molecule has 0 radical (unpaired) electrons. The lowest BCUT2D eigenvalue weighted by Crippen LogP contribution is -2.14. The van der Waals surface area contributed by atoms with Crippen LogP contribution in [0, 0.1) is 5.82 Å². The Hall–Kier alpha value is -2.89. The van der Waals surface area contributed by atoms with Crippen LogP contribution >= 0.6 is 0 Å². The lowest BCUT2D eigenvalue weighted by molar-refractivity contribution is 0.100. The lowest BCUT2D eigenvalue weighted by atomic mass is 10.1. The first kappa shape index (κ1) is 13.1. The van der Waals surface area contributed by atoms with Crippen LogP contribution in [0.5, 0.6) is 0 Å². The quantitative estimate of drug-likeness (QED) is 0.766. The van der Waals surface area contributed by atoms with Gasteiger partial charge in [-0.3, -0.25) is 19.4 Å². The number of halogens is 1. The van der Waals surface area contributed by atoms with E-state index in [0.29, 0.717) is 12.1 Å². The van der Waals surface area contributed by atoms with Crippen molar-refractivity contribution in [2.75, 3.05) is 0 Å². The molecule has 0 aliphatic heterocycles. The Labute approximate surface area is 118 Å². The molecule has 3 rings (SSSR count). The van der Waals surface area contributed by atoms with E-state index < -0.39 is 17.3 Å². The molecule has 0 aliphatic rings. The highest BCUT2D eigenvalue weighted by atomic mass is 19.1. The zero-order chi connectivity index (χ0) is 15.0. The molecule has 0 saturated carbocycles. The molecule has 0 spiro atoms. The molecule has 1 amide bonds. The smallest absolute Gasteiger partial charge is 0.272 e. The van der Waals surface area contributed by atoms with E-state index in [9.17, 15) is 14.0 Å². The molecular weight excluding hydrogens is 273 g/mol. The number of hydrogen-bond donors (Lipinski definition) is 2. The summed E-state index contributed by atoms with van der Waals surface area (Å²) in [5, 5.41) is 2.72. The Balaban J connectivity index is 2.22. The van der Waals surface area contributed by atoms with Crippen molar-refractivity contribution in [1.82, 2.24) is 9.78 Å². The van der Waals surface area contributed by atoms with Gasteiger partial charge in [-0.25, -0.2) is 4.39 Å². The van der Waals surface area contributed by atoms with Gasteiger partial charge < -0.3 is 5.73 Å². The van der Waals surface area contributed by atoms with Gasteiger partial charge in [0.25, 0.3) is 5.56 Å². The number of nitrogens with one attached hydrogen (secondary N) is 1. The summed E-state index contributed by atoms with van der Waals surface area (Å²) in [4.78, 5) is 23.4. The maximum absolute atomic E-state index is 13.6. The van der Waals surface area contributed by atoms with E-state index in [4.69, 9.17) is 5.73 Å². The second kappa shape index (κ2) is 4.90. The molecule has 21 heavy (non-hydrogen) atoms. The van der Waals surface area contributed by atoms with Crippen molar-refractivity contribution in [3.05, 3.63) is 69.8 Å². The summed E-state index contributed by atoms with van der Waals surface area (Å²) in [5.74, 6) is -1.44. The van der Waals surface area contributed by atoms with Gasteiger partial charge >= 0.3 is 0 Å². The molecular formula is C15H12FN3O2. The van der Waals surface area contributed by atoms with Crippen molar-refractivity contribution in [3.63, 3.8) is 0 Å². The first-order valence-electron chi connectivity index (χ1n) is 6.32. The highest BCUT2D eigenvalue weighted by Gasteiger charge is 2.16. The second-order valence-corrected chi connectivity index (χ2v) is 4.72. The number of H-pyrrole nitrogens is 1. The molecule has 0 aliphatic carbocycles. The number of carbonyl (C=O) groups is 1. The number of benzene rings is 2. The van der Waals surface area contributed by atoms with Crippen LogP contribution in [0.2, 0.25) is 0 Å². The zero-order valence-corrected chi connectivity index (χ0v) is 11.0. The largest absolute Gasteiger partial charge is 0.366 e. The fraction of sp³-hybridized carbons (Fsp3) is 0.0667. The Morgan fingerprint density at radius 2 is 1.95 bits per heavy atom. The van der Waals surface area contributed by atoms with Crippen molar-refractivity contribution in [2.24, 2.45) is 5.73 Å². The first-order chi connectivity index (χ1) is 10.1. The summed E-state index contributed by atoms with van der Waals surface area (Å²) < 4.78 is 15.2. The topological polar surface area (TPSA) is 80.9 Å². The maximum atomic E-state index is 13.6. The van der Waals surface area contributed by atoms with Gasteiger partial charge in [-0.1, -0.05) is 30.3 Å². The van der Waals surface area contributed by atoms with E-state index in [-0.39, 0.29) is 10.9 Å². The predicted octanol–water partition coefficient (Wildman–Crippen LogP) is 1.62. The average Bonchev–Trinajstić information content (AvgIpc) is 2.75. The molecule has 0 unspecified atom stereocenters. The van der Waals surface area contributed by atoms with Gasteiger partial charge in [0.05, 0.1) is 23.0 Å². The van der Waals surface area contributed by atoms with Crippen molar-refractivity contribution >= 4 is 16.8 Å². The molecule has 1 aromatic heterocycles. The Bertz CT molecular complexity index is 881. The molecule has 6 heteroatoms. The molecule has 0 fully saturated rings. The highest BCUT2D eigenvalue weighted by Crippen LogP contribution is 2.18. The monoisotopic (exact) mass is 285 g/mol. The summed E-state index contributed by atoms with van der Waals surface area (Å²) >= 11 is 0. The molecule has 106 valence electrons. The number of nitrogens with zero attached hydrogens (tertiary/aromatic N) is 1. The number of primary amides is 1. The normalized spacial score (nSPS) is 10.9. The number of hydrogen-bond acceptors (Lipinski definition) is 2. The van der Waals surface area contributed by atoms with Gasteiger partial charge in [0.1, 0.15) is 5.82 Å². The third kappa shape index (κ3) is 2.31. The molecule has 0 atom stereocenters. The average molecular weight is 285 g/mol. The fourth-order valence-electron chi connectivity index (χ4n) is 2.37. The van der Waals surface area contributed by atoms with Gasteiger partial charge in [-0.2, -0.15) is 0 Å². The summed E-state index contributed by atoms with van der Waals surface area (Å²) in [6, 6.07) is 11.6. The van der Waals surface area contributed by atoms with E-state index in [1.54, 1.807) is 0 Å². The van der Waals surface area contributed by atoms with Gasteiger partial charge in [0.2, 0.25) is 5.91 Å². The highest BCUT2D eigenvalue weighted by molar-refractivity contribution is 6.05. The van der Waals surface area contributed by atoms with E-state index >= 15 is 0 Å². The van der Waals surface area contributed by atoms with Crippen LogP contribution in [0.25, 0.3) is 10.9 Å². The second-order valence-electron chi connectivity index (χ2n) is 4.72. The summed E-state index contributed by atoms with van der Waals surface area (Å²) in [6.07, 6.45) is 0. The van der Waals surface area contributed by atoms with E-state index in [1.807, 2.05) is 30.3 Å². The van der Waals surface area contributed by atoms with Crippen molar-refractivity contribution in [1.29, 1.82) is 0 Å². The minimum absolute atomic E-state index is 0.111. The van der Waals surface area contributed by atoms with E-state index in [2.05, 4.69) is 5.10 Å². The fourth-order valence-corrected chi connectivity index (χ4v) is 2.37. The molecule has 1 heterocycles. The molecule has 2 aromatic carbocycles. The molecule has 3 N–H and O–H groups in total. The number of amides is 1. The maximum Gasteiger partial charge on any atom is 0.272 e. The van der Waals surface area contributed by atoms with Crippen molar-refractivity contribution < 1.29 is 9.18 Å². The third-order valence-electron chi connectivity index (χ3n) is 3.29. The molecule has 0 saturated heterocycles. The van der Waals surface area contributed by atoms with Crippen LogP contribution in [0.4, 0.5) is 4.39 Å². The molecule has 0 bridgehead atoms. The number of nitrogens with two attached hydrogens (primary N) is 1. The number of aromatic amines is 1. The third-order valence-corrected chi connectivity index (χ3v) is 3.29. The summed E-state index contributed by atoms with van der Waals surface area (Å²) in [7, 11) is 0. The number of carbonyl (C=O) groups excluding carboxylic acids is 1. The Morgan fingerprint density at radius 1 is 1.24 bits per heavy atom. The Kier molecular flexibility index (Phi) is 3.06. The van der Waals surface area contributed by atoms with Crippen LogP contribution in [0.15, 0.2) is 47.3 Å². The van der Waals surface area contributed by atoms with Crippen LogP contribution in [0.3, 0.4) is 0 Å². The SMILES string of the molecule is NC(=O)c1cc(F)cc2c1c(=O)[nH]n2Cc1ccccc1. The Morgan fingerprint density at radius 3 is 2.62 bits per heavy atom. The summed E-state index contributed by atoms with van der Waals surface area (Å²) in [6.45, 7) is 0.362. The van der Waals surface area contributed by atoms with Gasteiger partial charge in [0, 0.05) is 0 Å². The number of rotatable bonds is 3. The predicted molar refractivity (Wildman–Crippen MR) is 76.6 cm³/mol. The van der Waals surface area contributed by atoms with Crippen LogP contribution in [-0.4, -0.2) is 15.7 Å². The number of fused-ring (bicyclic) bond motifs is 1. The molecule has 3 aromatic rings. The minimum atomic E-state index is -0.831. The molecule has 5 nitrogen and oxygen atoms in total. The van der Waals surface area contributed by atoms with Gasteiger partial charge in [-0.05, 0) is 17.7 Å². The van der Waals surface area contributed by atoms with Crippen LogP contribution < -0.4 is 11.3 Å². The first-order valence-corrected chi connectivity index (χ1v) is 6.32. The van der Waals surface area contributed by atoms with Gasteiger partial charge in [-0.15, -0.1) is 0 Å².